The van der Waals surface area contributed by atoms with E-state index in [2.05, 4.69) is 20.6 Å². The first kappa shape index (κ1) is 20.6. The van der Waals surface area contributed by atoms with E-state index >= 15 is 0 Å². The molecular weight excluding hydrogens is 387 g/mol. The highest BCUT2D eigenvalue weighted by Gasteiger charge is 2.33. The zero-order chi connectivity index (χ0) is 21.2. The van der Waals surface area contributed by atoms with Crippen LogP contribution in [-0.2, 0) is 24.1 Å². The fourth-order valence-electron chi connectivity index (χ4n) is 3.06. The van der Waals surface area contributed by atoms with Crippen molar-refractivity contribution >= 4 is 17.6 Å². The molecule has 3 rings (SSSR count). The van der Waals surface area contributed by atoms with Gasteiger partial charge in [0, 0.05) is 44.0 Å². The lowest BCUT2D eigenvalue weighted by molar-refractivity contribution is -0.138. The number of halogens is 3. The van der Waals surface area contributed by atoms with E-state index in [1.54, 1.807) is 17.0 Å². The number of anilines is 1. The second-order valence-electron chi connectivity index (χ2n) is 6.73. The third kappa shape index (κ3) is 4.82. The zero-order valence-corrected chi connectivity index (χ0v) is 15.9. The lowest BCUT2D eigenvalue weighted by Gasteiger charge is -2.15. The van der Waals surface area contributed by atoms with E-state index in [9.17, 15) is 22.8 Å². The third-order valence-electron chi connectivity index (χ3n) is 4.48. The first-order valence-corrected chi connectivity index (χ1v) is 8.95. The molecule has 2 aromatic heterocycles. The zero-order valence-electron chi connectivity index (χ0n) is 15.9. The van der Waals surface area contributed by atoms with Crippen LogP contribution in [0.3, 0.4) is 0 Å². The lowest BCUT2D eigenvalue weighted by atomic mass is 10.1. The van der Waals surface area contributed by atoms with Gasteiger partial charge in [-0.1, -0.05) is 0 Å². The first-order chi connectivity index (χ1) is 13.6. The number of aromatic nitrogens is 2. The van der Waals surface area contributed by atoms with Gasteiger partial charge in [-0.2, -0.15) is 13.2 Å². The van der Waals surface area contributed by atoms with E-state index in [0.29, 0.717) is 30.2 Å². The van der Waals surface area contributed by atoms with Gasteiger partial charge in [0.1, 0.15) is 5.82 Å². The third-order valence-corrected chi connectivity index (χ3v) is 4.48. The summed E-state index contributed by atoms with van der Waals surface area (Å²) in [6.45, 7) is 3.76. The van der Waals surface area contributed by atoms with Gasteiger partial charge in [-0.3, -0.25) is 14.6 Å². The van der Waals surface area contributed by atoms with Gasteiger partial charge < -0.3 is 15.5 Å². The topological polar surface area (TPSA) is 87.2 Å². The van der Waals surface area contributed by atoms with Crippen LogP contribution >= 0.6 is 0 Å². The van der Waals surface area contributed by atoms with Crippen LogP contribution in [0.25, 0.3) is 0 Å². The number of pyridine rings is 2. The molecule has 29 heavy (non-hydrogen) atoms. The van der Waals surface area contributed by atoms with Crippen LogP contribution in [0.2, 0.25) is 0 Å². The second kappa shape index (κ2) is 8.06. The predicted octanol–water partition coefficient (Wildman–Crippen LogP) is 2.51. The molecule has 3 heterocycles. The lowest BCUT2D eigenvalue weighted by Crippen LogP contribution is -2.34. The van der Waals surface area contributed by atoms with Gasteiger partial charge in [0.05, 0.1) is 23.4 Å². The molecule has 0 aliphatic carbocycles. The Hall–Kier alpha value is -3.17. The van der Waals surface area contributed by atoms with Crippen LogP contribution in [0, 0.1) is 6.92 Å². The van der Waals surface area contributed by atoms with Crippen LogP contribution < -0.4 is 10.6 Å². The highest BCUT2D eigenvalue weighted by Crippen LogP contribution is 2.32. The van der Waals surface area contributed by atoms with Crippen molar-refractivity contribution in [2.75, 3.05) is 18.4 Å². The summed E-state index contributed by atoms with van der Waals surface area (Å²) in [7, 11) is 0. The second-order valence-corrected chi connectivity index (χ2v) is 6.73. The maximum atomic E-state index is 13.2. The molecule has 0 aromatic carbocycles. The molecule has 0 radical (unpaired) electrons. The molecule has 0 spiro atoms. The average Bonchev–Trinajstić information content (AvgIpc) is 2.95. The van der Waals surface area contributed by atoms with Crippen LogP contribution in [-0.4, -0.2) is 39.8 Å². The van der Waals surface area contributed by atoms with Crippen molar-refractivity contribution in [2.24, 2.45) is 0 Å². The van der Waals surface area contributed by atoms with Crippen molar-refractivity contribution in [3.05, 3.63) is 52.5 Å². The number of rotatable bonds is 6. The van der Waals surface area contributed by atoms with Crippen LogP contribution in [0.5, 0.6) is 0 Å². The fourth-order valence-corrected chi connectivity index (χ4v) is 3.06. The van der Waals surface area contributed by atoms with Crippen molar-refractivity contribution in [3.8, 4) is 0 Å². The number of fused-ring (bicyclic) bond motifs is 1. The maximum Gasteiger partial charge on any atom is 0.416 e. The highest BCUT2D eigenvalue weighted by atomic mass is 19.4. The SMILES string of the molecule is CC(=O)NCCN1Cc2nc(NCc3cnc(C)cc3C(F)(F)F)ccc2C1=O. The Kier molecular flexibility index (Phi) is 5.71. The fraction of sp³-hybridized carbons (Fsp3) is 0.368. The van der Waals surface area contributed by atoms with Crippen LogP contribution in [0.1, 0.15) is 39.8 Å². The highest BCUT2D eigenvalue weighted by molar-refractivity contribution is 5.98. The Bertz CT molecular complexity index is 946. The number of hydrogen-bond donors (Lipinski definition) is 2. The number of carbonyl (C=O) groups is 2. The Morgan fingerprint density at radius 1 is 1.31 bits per heavy atom. The van der Waals surface area contributed by atoms with Gasteiger partial charge in [0.25, 0.3) is 5.91 Å². The minimum absolute atomic E-state index is 0.0124. The Labute approximate surface area is 165 Å². The Morgan fingerprint density at radius 2 is 2.07 bits per heavy atom. The van der Waals surface area contributed by atoms with Crippen molar-refractivity contribution < 1.29 is 22.8 Å². The van der Waals surface area contributed by atoms with E-state index in [0.717, 1.165) is 6.07 Å². The van der Waals surface area contributed by atoms with Gasteiger partial charge in [-0.15, -0.1) is 0 Å². The molecule has 2 aromatic rings. The number of carbonyl (C=O) groups excluding carboxylic acids is 2. The van der Waals surface area contributed by atoms with Crippen molar-refractivity contribution in [2.45, 2.75) is 33.1 Å². The number of alkyl halides is 3. The van der Waals surface area contributed by atoms with Crippen molar-refractivity contribution in [1.29, 1.82) is 0 Å². The molecule has 0 atom stereocenters. The summed E-state index contributed by atoms with van der Waals surface area (Å²) in [5.74, 6) is 0.00282. The van der Waals surface area contributed by atoms with Gasteiger partial charge in [-0.25, -0.2) is 4.98 Å². The molecule has 154 valence electrons. The Morgan fingerprint density at radius 3 is 2.76 bits per heavy atom. The summed E-state index contributed by atoms with van der Waals surface area (Å²) in [5.41, 5.74) is 0.554. The first-order valence-electron chi connectivity index (χ1n) is 8.95. The molecular formula is C19H20F3N5O2. The molecule has 2 amide bonds. The van der Waals surface area contributed by atoms with E-state index in [4.69, 9.17) is 0 Å². The van der Waals surface area contributed by atoms with Gasteiger partial charge in [0.15, 0.2) is 0 Å². The number of amides is 2. The summed E-state index contributed by atoms with van der Waals surface area (Å²) >= 11 is 0. The molecule has 0 unspecified atom stereocenters. The largest absolute Gasteiger partial charge is 0.416 e. The van der Waals surface area contributed by atoms with Crippen molar-refractivity contribution in [3.63, 3.8) is 0 Å². The quantitative estimate of drug-likeness (QED) is 0.769. The van der Waals surface area contributed by atoms with E-state index in [-0.39, 0.29) is 36.2 Å². The summed E-state index contributed by atoms with van der Waals surface area (Å²) in [4.78, 5) is 33.2. The standard InChI is InChI=1S/C19H20F3N5O2/c1-11-7-15(19(20,21)22)13(8-24-11)9-25-17-4-3-14-16(26-17)10-27(18(14)29)6-5-23-12(2)28/h3-4,7-8H,5-6,9-10H2,1-2H3,(H,23,28)(H,25,26). The molecule has 0 saturated carbocycles. The molecule has 0 bridgehead atoms. The summed E-state index contributed by atoms with van der Waals surface area (Å²) in [6.07, 6.45) is -3.28. The number of nitrogens with zero attached hydrogens (tertiary/aromatic N) is 3. The molecule has 0 fully saturated rings. The minimum Gasteiger partial charge on any atom is -0.366 e. The molecule has 1 aliphatic heterocycles. The van der Waals surface area contributed by atoms with Crippen LogP contribution in [0.4, 0.5) is 19.0 Å². The summed E-state index contributed by atoms with van der Waals surface area (Å²) in [5, 5.41) is 5.50. The van der Waals surface area contributed by atoms with E-state index < -0.39 is 11.7 Å². The van der Waals surface area contributed by atoms with E-state index in [1.165, 1.54) is 20.0 Å². The Balaban J connectivity index is 1.69. The van der Waals surface area contributed by atoms with Gasteiger partial charge in [-0.05, 0) is 25.1 Å². The number of nitrogens with one attached hydrogen (secondary N) is 2. The number of hydrogen-bond acceptors (Lipinski definition) is 5. The van der Waals surface area contributed by atoms with Crippen LogP contribution in [0.15, 0.2) is 24.4 Å². The minimum atomic E-state index is -4.48. The summed E-state index contributed by atoms with van der Waals surface area (Å²) in [6, 6.07) is 4.17. The smallest absolute Gasteiger partial charge is 0.366 e. The monoisotopic (exact) mass is 407 g/mol. The average molecular weight is 407 g/mol. The van der Waals surface area contributed by atoms with Gasteiger partial charge in [0.2, 0.25) is 5.91 Å². The molecule has 7 nitrogen and oxygen atoms in total. The summed E-state index contributed by atoms with van der Waals surface area (Å²) < 4.78 is 39.7. The normalized spacial score (nSPS) is 13.4. The van der Waals surface area contributed by atoms with Crippen molar-refractivity contribution in [1.82, 2.24) is 20.2 Å². The predicted molar refractivity (Wildman–Crippen MR) is 99.0 cm³/mol. The molecule has 10 heteroatoms. The molecule has 0 saturated heterocycles. The number of aryl methyl sites for hydroxylation is 1. The molecule has 2 N–H and O–H groups in total. The maximum absolute atomic E-state index is 13.2. The van der Waals surface area contributed by atoms with E-state index in [1.807, 2.05) is 0 Å². The molecule has 1 aliphatic rings. The van der Waals surface area contributed by atoms with Gasteiger partial charge >= 0.3 is 6.18 Å².